The normalized spacial score (nSPS) is 13.1. The van der Waals surface area contributed by atoms with Crippen LogP contribution in [0.3, 0.4) is 0 Å². The molecule has 1 atom stereocenters. The summed E-state index contributed by atoms with van der Waals surface area (Å²) in [6, 6.07) is 5.06. The van der Waals surface area contributed by atoms with Crippen LogP contribution in [0.2, 0.25) is 5.02 Å². The maximum atomic E-state index is 12.6. The molecule has 0 aliphatic carbocycles. The Labute approximate surface area is 150 Å². The quantitative estimate of drug-likeness (QED) is 0.673. The molecule has 0 unspecified atom stereocenters. The monoisotopic (exact) mass is 374 g/mol. The molecule has 0 saturated carbocycles. The summed E-state index contributed by atoms with van der Waals surface area (Å²) in [5.74, 6) is -0.210. The molecule has 24 heavy (non-hydrogen) atoms. The summed E-state index contributed by atoms with van der Waals surface area (Å²) in [6.07, 6.45) is 3.03. The Bertz CT molecular complexity index is 630. The minimum Gasteiger partial charge on any atom is -0.339 e. The maximum absolute atomic E-state index is 12.6. The van der Waals surface area contributed by atoms with Crippen molar-refractivity contribution in [3.8, 4) is 0 Å². The van der Waals surface area contributed by atoms with Crippen LogP contribution in [0, 0.1) is 0 Å². The topological polar surface area (TPSA) is 66.5 Å². The number of nitrogens with one attached hydrogen (secondary N) is 1. The molecule has 0 radical (unpaired) electrons. The summed E-state index contributed by atoms with van der Waals surface area (Å²) in [4.78, 5) is 14.4. The molecule has 1 amide bonds. The predicted molar refractivity (Wildman–Crippen MR) is 97.6 cm³/mol. The molecular formula is C17H27ClN2O3S. The largest absolute Gasteiger partial charge is 0.339 e. The van der Waals surface area contributed by atoms with Gasteiger partial charge in [0.25, 0.3) is 0 Å². The molecule has 0 heterocycles. The number of hydrogen-bond donors (Lipinski definition) is 1. The SMILES string of the molecule is CCCCCN(C(=O)[C@H](C)NS(=O)(=O)c1ccc(Cl)cc1)C(C)C. The van der Waals surface area contributed by atoms with E-state index in [0.717, 1.165) is 19.3 Å². The molecule has 0 fully saturated rings. The van der Waals surface area contributed by atoms with E-state index in [4.69, 9.17) is 11.6 Å². The van der Waals surface area contributed by atoms with Gasteiger partial charge in [0.2, 0.25) is 15.9 Å². The predicted octanol–water partition coefficient (Wildman–Crippen LogP) is 3.43. The number of nitrogens with zero attached hydrogens (tertiary/aromatic N) is 1. The van der Waals surface area contributed by atoms with Crippen LogP contribution in [0.4, 0.5) is 0 Å². The molecule has 1 rings (SSSR count). The summed E-state index contributed by atoms with van der Waals surface area (Å²) in [5.41, 5.74) is 0. The van der Waals surface area contributed by atoms with E-state index in [1.807, 2.05) is 13.8 Å². The van der Waals surface area contributed by atoms with E-state index >= 15 is 0 Å². The fourth-order valence-corrected chi connectivity index (χ4v) is 3.69. The lowest BCUT2D eigenvalue weighted by molar-refractivity contribution is -0.134. The zero-order valence-corrected chi connectivity index (χ0v) is 16.3. The molecule has 0 aliphatic heterocycles. The van der Waals surface area contributed by atoms with E-state index < -0.39 is 16.1 Å². The van der Waals surface area contributed by atoms with Crippen molar-refractivity contribution in [2.45, 2.75) is 63.9 Å². The highest BCUT2D eigenvalue weighted by atomic mass is 35.5. The average Bonchev–Trinajstić information content (AvgIpc) is 2.50. The minimum absolute atomic E-state index is 0.0249. The highest BCUT2D eigenvalue weighted by molar-refractivity contribution is 7.89. The highest BCUT2D eigenvalue weighted by Gasteiger charge is 2.27. The van der Waals surface area contributed by atoms with Crippen molar-refractivity contribution < 1.29 is 13.2 Å². The zero-order chi connectivity index (χ0) is 18.3. The van der Waals surface area contributed by atoms with E-state index in [9.17, 15) is 13.2 Å². The third-order valence-corrected chi connectivity index (χ3v) is 5.54. The van der Waals surface area contributed by atoms with E-state index in [-0.39, 0.29) is 16.8 Å². The van der Waals surface area contributed by atoms with Crippen LogP contribution >= 0.6 is 11.6 Å². The molecule has 0 aromatic heterocycles. The summed E-state index contributed by atoms with van der Waals surface area (Å²) >= 11 is 5.78. The van der Waals surface area contributed by atoms with E-state index in [0.29, 0.717) is 11.6 Å². The van der Waals surface area contributed by atoms with Gasteiger partial charge in [-0.2, -0.15) is 4.72 Å². The second-order valence-corrected chi connectivity index (χ2v) is 8.28. The zero-order valence-electron chi connectivity index (χ0n) is 14.8. The Morgan fingerprint density at radius 2 is 1.75 bits per heavy atom. The van der Waals surface area contributed by atoms with Crippen LogP contribution in [-0.2, 0) is 14.8 Å². The van der Waals surface area contributed by atoms with Gasteiger partial charge in [-0.1, -0.05) is 31.4 Å². The van der Waals surface area contributed by atoms with Gasteiger partial charge in [0.05, 0.1) is 10.9 Å². The van der Waals surface area contributed by atoms with Crippen molar-refractivity contribution in [1.82, 2.24) is 9.62 Å². The first-order valence-corrected chi connectivity index (χ1v) is 10.1. The lowest BCUT2D eigenvalue weighted by Gasteiger charge is -2.29. The Balaban J connectivity index is 2.81. The van der Waals surface area contributed by atoms with Crippen molar-refractivity contribution in [2.24, 2.45) is 0 Å². The Morgan fingerprint density at radius 1 is 1.17 bits per heavy atom. The number of unbranched alkanes of at least 4 members (excludes halogenated alkanes) is 2. The smallest absolute Gasteiger partial charge is 0.241 e. The minimum atomic E-state index is -3.76. The Morgan fingerprint density at radius 3 is 2.25 bits per heavy atom. The van der Waals surface area contributed by atoms with Crippen LogP contribution in [0.5, 0.6) is 0 Å². The molecule has 0 spiro atoms. The number of carbonyl (C=O) groups excluding carboxylic acids is 1. The Hall–Kier alpha value is -1.11. The van der Waals surface area contributed by atoms with Gasteiger partial charge in [-0.15, -0.1) is 0 Å². The number of carbonyl (C=O) groups is 1. The molecule has 0 aliphatic rings. The number of benzene rings is 1. The molecule has 1 aromatic carbocycles. The number of halogens is 1. The van der Waals surface area contributed by atoms with Crippen LogP contribution < -0.4 is 4.72 Å². The second kappa shape index (κ2) is 9.39. The average molecular weight is 375 g/mol. The molecule has 1 aromatic rings. The molecule has 136 valence electrons. The van der Waals surface area contributed by atoms with Gasteiger partial charge in [0, 0.05) is 17.6 Å². The van der Waals surface area contributed by atoms with Crippen LogP contribution in [0.25, 0.3) is 0 Å². The first-order chi connectivity index (χ1) is 11.2. The molecular weight excluding hydrogens is 348 g/mol. The van der Waals surface area contributed by atoms with Gasteiger partial charge >= 0.3 is 0 Å². The molecule has 5 nitrogen and oxygen atoms in total. The van der Waals surface area contributed by atoms with Gasteiger partial charge in [-0.05, 0) is 51.5 Å². The summed E-state index contributed by atoms with van der Waals surface area (Å²) in [6.45, 7) is 8.18. The number of hydrogen-bond acceptors (Lipinski definition) is 3. The molecule has 0 saturated heterocycles. The van der Waals surface area contributed by atoms with Crippen molar-refractivity contribution in [3.63, 3.8) is 0 Å². The third kappa shape index (κ3) is 6.07. The van der Waals surface area contributed by atoms with Crippen molar-refractivity contribution in [2.75, 3.05) is 6.54 Å². The van der Waals surface area contributed by atoms with Crippen molar-refractivity contribution in [3.05, 3.63) is 29.3 Å². The summed E-state index contributed by atoms with van der Waals surface area (Å²) in [7, 11) is -3.76. The van der Waals surface area contributed by atoms with Gasteiger partial charge < -0.3 is 4.90 Å². The van der Waals surface area contributed by atoms with Crippen molar-refractivity contribution >= 4 is 27.5 Å². The highest BCUT2D eigenvalue weighted by Crippen LogP contribution is 2.15. The van der Waals surface area contributed by atoms with Gasteiger partial charge in [-0.3, -0.25) is 4.79 Å². The number of rotatable bonds is 9. The number of amides is 1. The first-order valence-electron chi connectivity index (χ1n) is 8.27. The van der Waals surface area contributed by atoms with Crippen LogP contribution in [-0.4, -0.2) is 37.9 Å². The molecule has 1 N–H and O–H groups in total. The van der Waals surface area contributed by atoms with E-state index in [2.05, 4.69) is 11.6 Å². The Kier molecular flexibility index (Phi) is 8.19. The van der Waals surface area contributed by atoms with Gasteiger partial charge in [0.15, 0.2) is 0 Å². The lowest BCUT2D eigenvalue weighted by Crippen LogP contribution is -2.49. The van der Waals surface area contributed by atoms with Gasteiger partial charge in [0.1, 0.15) is 0 Å². The fraction of sp³-hybridized carbons (Fsp3) is 0.588. The van der Waals surface area contributed by atoms with Crippen LogP contribution in [0.15, 0.2) is 29.2 Å². The molecule has 0 bridgehead atoms. The van der Waals surface area contributed by atoms with E-state index in [1.165, 1.54) is 24.3 Å². The van der Waals surface area contributed by atoms with Gasteiger partial charge in [-0.25, -0.2) is 8.42 Å². The standard InChI is InChI=1S/C17H27ClN2O3S/c1-5-6-7-12-20(13(2)3)17(21)14(4)19-24(22,23)16-10-8-15(18)9-11-16/h8-11,13-14,19H,5-7,12H2,1-4H3/t14-/m0/s1. The second-order valence-electron chi connectivity index (χ2n) is 6.13. The van der Waals surface area contributed by atoms with Crippen molar-refractivity contribution in [1.29, 1.82) is 0 Å². The van der Waals surface area contributed by atoms with Crippen LogP contribution in [0.1, 0.15) is 47.0 Å². The van der Waals surface area contributed by atoms with E-state index in [1.54, 1.807) is 11.8 Å². The third-order valence-electron chi connectivity index (χ3n) is 3.74. The maximum Gasteiger partial charge on any atom is 0.241 e. The summed E-state index contributed by atoms with van der Waals surface area (Å²) in [5, 5.41) is 0.458. The molecule has 7 heteroatoms. The fourth-order valence-electron chi connectivity index (χ4n) is 2.37. The summed E-state index contributed by atoms with van der Waals surface area (Å²) < 4.78 is 27.2. The lowest BCUT2D eigenvalue weighted by atomic mass is 10.2. The number of sulfonamides is 1. The first kappa shape index (κ1) is 20.9.